The smallest absolute Gasteiger partial charge is 0.321 e. The number of anilines is 1. The van der Waals surface area contributed by atoms with Gasteiger partial charge in [0.1, 0.15) is 5.75 Å². The molecule has 1 aromatic carbocycles. The van der Waals surface area contributed by atoms with Crippen LogP contribution in [0.4, 0.5) is 10.5 Å². The van der Waals surface area contributed by atoms with Gasteiger partial charge >= 0.3 is 6.03 Å². The van der Waals surface area contributed by atoms with Gasteiger partial charge < -0.3 is 19.9 Å². The van der Waals surface area contributed by atoms with Crippen LogP contribution in [0.2, 0.25) is 5.02 Å². The first kappa shape index (κ1) is 16.6. The molecule has 0 radical (unpaired) electrons. The summed E-state index contributed by atoms with van der Waals surface area (Å²) in [6, 6.07) is 5.03. The summed E-state index contributed by atoms with van der Waals surface area (Å²) in [4.78, 5) is 21.8. The van der Waals surface area contributed by atoms with Crippen LogP contribution in [0.15, 0.2) is 24.5 Å². The molecule has 1 aliphatic rings. The Labute approximate surface area is 146 Å². The highest BCUT2D eigenvalue weighted by molar-refractivity contribution is 6.31. The largest absolute Gasteiger partial charge is 0.495 e. The van der Waals surface area contributed by atoms with Gasteiger partial charge in [-0.05, 0) is 38.0 Å². The van der Waals surface area contributed by atoms with Gasteiger partial charge in [-0.3, -0.25) is 0 Å². The summed E-state index contributed by atoms with van der Waals surface area (Å²) < 4.78 is 5.26. The lowest BCUT2D eigenvalue weighted by atomic mass is 9.93. The van der Waals surface area contributed by atoms with Crippen LogP contribution < -0.4 is 10.1 Å². The number of aromatic nitrogens is 2. The van der Waals surface area contributed by atoms with E-state index in [-0.39, 0.29) is 6.03 Å². The molecule has 3 rings (SSSR count). The summed E-state index contributed by atoms with van der Waals surface area (Å²) in [6.45, 7) is 3.43. The zero-order chi connectivity index (χ0) is 17.1. The number of carbonyl (C=O) groups is 1. The Balaban J connectivity index is 1.62. The second-order valence-corrected chi connectivity index (χ2v) is 6.39. The Hall–Kier alpha value is -2.21. The number of rotatable bonds is 3. The van der Waals surface area contributed by atoms with Gasteiger partial charge in [0, 0.05) is 29.7 Å². The summed E-state index contributed by atoms with van der Waals surface area (Å²) in [7, 11) is 1.57. The van der Waals surface area contributed by atoms with Crippen molar-refractivity contribution in [3.8, 4) is 5.75 Å². The molecule has 0 aliphatic carbocycles. The van der Waals surface area contributed by atoms with Crippen LogP contribution in [-0.4, -0.2) is 41.1 Å². The van der Waals surface area contributed by atoms with E-state index in [0.717, 1.165) is 24.2 Å². The molecule has 1 aromatic heterocycles. The van der Waals surface area contributed by atoms with Crippen molar-refractivity contribution in [1.29, 1.82) is 0 Å². The molecule has 2 amide bonds. The minimum absolute atomic E-state index is 0.132. The molecule has 2 N–H and O–H groups in total. The van der Waals surface area contributed by atoms with Crippen molar-refractivity contribution in [2.45, 2.75) is 25.7 Å². The molecular weight excluding hydrogens is 328 g/mol. The maximum atomic E-state index is 12.5. The van der Waals surface area contributed by atoms with Crippen LogP contribution in [0, 0.1) is 6.92 Å². The molecule has 2 heterocycles. The molecular formula is C17H21ClN4O2. The predicted molar refractivity (Wildman–Crippen MR) is 93.9 cm³/mol. The number of likely N-dealkylation sites (tertiary alicyclic amines) is 1. The minimum atomic E-state index is -0.132. The van der Waals surface area contributed by atoms with Crippen molar-refractivity contribution in [1.82, 2.24) is 14.9 Å². The number of carbonyl (C=O) groups excluding carboxylic acids is 1. The average molecular weight is 349 g/mol. The highest BCUT2D eigenvalue weighted by atomic mass is 35.5. The topological polar surface area (TPSA) is 70.2 Å². The number of hydrogen-bond acceptors (Lipinski definition) is 3. The maximum absolute atomic E-state index is 12.5. The standard InChI is InChI=1S/C17H21ClN4O2/c1-11-16(20-10-19-11)12-5-7-22(8-6-12)17(23)21-14-9-13(18)3-4-15(14)24-2/h3-4,9-10,12H,5-8H2,1-2H3,(H,19,20)(H,21,23). The number of nitrogens with one attached hydrogen (secondary N) is 2. The van der Waals surface area contributed by atoms with E-state index in [0.29, 0.717) is 35.5 Å². The lowest BCUT2D eigenvalue weighted by Gasteiger charge is -2.31. The summed E-state index contributed by atoms with van der Waals surface area (Å²) in [6.07, 6.45) is 3.55. The highest BCUT2D eigenvalue weighted by Crippen LogP contribution is 2.30. The van der Waals surface area contributed by atoms with E-state index in [1.807, 2.05) is 11.8 Å². The van der Waals surface area contributed by atoms with Gasteiger partial charge in [-0.2, -0.15) is 0 Å². The van der Waals surface area contributed by atoms with E-state index in [2.05, 4.69) is 15.3 Å². The van der Waals surface area contributed by atoms with Crippen LogP contribution in [-0.2, 0) is 0 Å². The van der Waals surface area contributed by atoms with Gasteiger partial charge in [0.2, 0.25) is 0 Å². The van der Waals surface area contributed by atoms with E-state index in [4.69, 9.17) is 16.3 Å². The Morgan fingerprint density at radius 1 is 1.42 bits per heavy atom. The van der Waals surface area contributed by atoms with Crippen LogP contribution in [0.25, 0.3) is 0 Å². The number of aryl methyl sites for hydroxylation is 1. The van der Waals surface area contributed by atoms with Gasteiger partial charge in [0.05, 0.1) is 24.8 Å². The zero-order valence-electron chi connectivity index (χ0n) is 13.8. The molecule has 1 aliphatic heterocycles. The van der Waals surface area contributed by atoms with Gasteiger partial charge in [-0.25, -0.2) is 9.78 Å². The van der Waals surface area contributed by atoms with Crippen molar-refractivity contribution >= 4 is 23.3 Å². The molecule has 6 nitrogen and oxygen atoms in total. The van der Waals surface area contributed by atoms with Crippen molar-refractivity contribution < 1.29 is 9.53 Å². The van der Waals surface area contributed by atoms with Gasteiger partial charge in [-0.15, -0.1) is 0 Å². The van der Waals surface area contributed by atoms with E-state index >= 15 is 0 Å². The van der Waals surface area contributed by atoms with Crippen LogP contribution in [0.3, 0.4) is 0 Å². The number of urea groups is 1. The first-order valence-electron chi connectivity index (χ1n) is 7.98. The number of methoxy groups -OCH3 is 1. The minimum Gasteiger partial charge on any atom is -0.495 e. The first-order valence-corrected chi connectivity index (χ1v) is 8.35. The second-order valence-electron chi connectivity index (χ2n) is 5.95. The molecule has 1 fully saturated rings. The Kier molecular flexibility index (Phi) is 4.94. The Bertz CT molecular complexity index is 723. The molecule has 0 atom stereocenters. The zero-order valence-corrected chi connectivity index (χ0v) is 14.6. The fourth-order valence-corrected chi connectivity index (χ4v) is 3.28. The maximum Gasteiger partial charge on any atom is 0.321 e. The number of H-pyrrole nitrogens is 1. The van der Waals surface area contributed by atoms with Crippen molar-refractivity contribution in [2.75, 3.05) is 25.5 Å². The summed E-state index contributed by atoms with van der Waals surface area (Å²) in [5, 5.41) is 3.44. The van der Waals surface area contributed by atoms with Gasteiger partial charge in [0.25, 0.3) is 0 Å². The van der Waals surface area contributed by atoms with Crippen LogP contribution in [0.5, 0.6) is 5.75 Å². The number of imidazole rings is 1. The molecule has 24 heavy (non-hydrogen) atoms. The van der Waals surface area contributed by atoms with Crippen molar-refractivity contribution in [3.63, 3.8) is 0 Å². The second kappa shape index (κ2) is 7.13. The number of nitrogens with zero attached hydrogens (tertiary/aromatic N) is 2. The predicted octanol–water partition coefficient (Wildman–Crippen LogP) is 3.79. The fraction of sp³-hybridized carbons (Fsp3) is 0.412. The number of amides is 2. The third kappa shape index (κ3) is 3.48. The summed E-state index contributed by atoms with van der Waals surface area (Å²) >= 11 is 6.00. The third-order valence-electron chi connectivity index (χ3n) is 4.44. The molecule has 0 saturated carbocycles. The van der Waals surface area contributed by atoms with E-state index in [1.165, 1.54) is 0 Å². The average Bonchev–Trinajstić information content (AvgIpc) is 3.01. The van der Waals surface area contributed by atoms with Crippen molar-refractivity contribution in [3.05, 3.63) is 40.9 Å². The lowest BCUT2D eigenvalue weighted by molar-refractivity contribution is 0.194. The molecule has 7 heteroatoms. The molecule has 1 saturated heterocycles. The number of piperidine rings is 1. The van der Waals surface area contributed by atoms with Gasteiger partial charge in [0.15, 0.2) is 0 Å². The lowest BCUT2D eigenvalue weighted by Crippen LogP contribution is -2.40. The number of hydrogen-bond donors (Lipinski definition) is 2. The first-order chi connectivity index (χ1) is 11.6. The molecule has 0 unspecified atom stereocenters. The summed E-state index contributed by atoms with van der Waals surface area (Å²) in [5.74, 6) is 0.996. The fourth-order valence-electron chi connectivity index (χ4n) is 3.11. The number of ether oxygens (including phenoxy) is 1. The van der Waals surface area contributed by atoms with Gasteiger partial charge in [-0.1, -0.05) is 11.6 Å². The molecule has 2 aromatic rings. The van der Waals surface area contributed by atoms with Crippen LogP contribution in [0.1, 0.15) is 30.1 Å². The number of halogens is 1. The Morgan fingerprint density at radius 2 is 2.17 bits per heavy atom. The van der Waals surface area contributed by atoms with E-state index in [9.17, 15) is 4.79 Å². The number of aromatic amines is 1. The normalized spacial score (nSPS) is 15.4. The summed E-state index contributed by atoms with van der Waals surface area (Å²) in [5.41, 5.74) is 2.81. The molecule has 0 spiro atoms. The van der Waals surface area contributed by atoms with Crippen molar-refractivity contribution in [2.24, 2.45) is 0 Å². The molecule has 128 valence electrons. The highest BCUT2D eigenvalue weighted by Gasteiger charge is 2.26. The SMILES string of the molecule is COc1ccc(Cl)cc1NC(=O)N1CCC(c2nc[nH]c2C)CC1. The van der Waals surface area contributed by atoms with E-state index < -0.39 is 0 Å². The van der Waals surface area contributed by atoms with E-state index in [1.54, 1.807) is 31.6 Å². The Morgan fingerprint density at radius 3 is 2.79 bits per heavy atom. The van der Waals surface area contributed by atoms with Crippen LogP contribution >= 0.6 is 11.6 Å². The molecule has 0 bridgehead atoms. The third-order valence-corrected chi connectivity index (χ3v) is 4.68. The quantitative estimate of drug-likeness (QED) is 0.886. The number of benzene rings is 1. The monoisotopic (exact) mass is 348 g/mol.